The minimum atomic E-state index is -0.550. The highest BCUT2D eigenvalue weighted by Gasteiger charge is 2.28. The number of aromatic nitrogens is 3. The maximum Gasteiger partial charge on any atom is 0.162 e. The molecule has 2 N–H and O–H groups in total. The summed E-state index contributed by atoms with van der Waals surface area (Å²) in [5.74, 6) is 1.03. The smallest absolute Gasteiger partial charge is 0.162 e. The lowest BCUT2D eigenvalue weighted by molar-refractivity contribution is -0.115. The molecule has 1 aliphatic rings. The first-order chi connectivity index (χ1) is 14.0. The third-order valence-corrected chi connectivity index (χ3v) is 5.60. The first kappa shape index (κ1) is 19.5. The average Bonchev–Trinajstić information content (AvgIpc) is 3.05. The number of aldehydes is 1. The Hall–Kier alpha value is -2.84. The number of halogens is 1. The molecule has 0 radical (unpaired) electrons. The molecule has 0 aliphatic carbocycles. The molecule has 0 bridgehead atoms. The van der Waals surface area contributed by atoms with Gasteiger partial charge in [-0.05, 0) is 31.2 Å². The summed E-state index contributed by atoms with van der Waals surface area (Å²) >= 11 is 6.13. The normalized spacial score (nSPS) is 16.2. The third kappa shape index (κ3) is 3.61. The predicted octanol–water partition coefficient (Wildman–Crippen LogP) is 2.50. The lowest BCUT2D eigenvalue weighted by Gasteiger charge is -2.38. The fraction of sp³-hybridized carbons (Fsp3) is 0.350. The Labute approximate surface area is 173 Å². The Kier molecular flexibility index (Phi) is 5.29. The number of carbonyl (C=O) groups excluding carboxylic acids is 1. The van der Waals surface area contributed by atoms with E-state index >= 15 is 0 Å². The molecule has 4 rings (SSSR count). The van der Waals surface area contributed by atoms with Gasteiger partial charge in [0.15, 0.2) is 23.9 Å². The summed E-state index contributed by atoms with van der Waals surface area (Å²) in [6, 6.07) is 9.53. The van der Waals surface area contributed by atoms with Crippen molar-refractivity contribution in [3.8, 4) is 5.75 Å². The maximum absolute atomic E-state index is 12.0. The molecule has 1 saturated heterocycles. The summed E-state index contributed by atoms with van der Waals surface area (Å²) in [5, 5.41) is 5.74. The van der Waals surface area contributed by atoms with Crippen molar-refractivity contribution in [2.45, 2.75) is 13.1 Å². The van der Waals surface area contributed by atoms with E-state index in [0.29, 0.717) is 35.3 Å². The Balaban J connectivity index is 1.54. The largest absolute Gasteiger partial charge is 0.495 e. The van der Waals surface area contributed by atoms with E-state index in [2.05, 4.69) is 19.9 Å². The Morgan fingerprint density at radius 1 is 1.21 bits per heavy atom. The van der Waals surface area contributed by atoms with Gasteiger partial charge in [0.1, 0.15) is 5.75 Å². The van der Waals surface area contributed by atoms with Crippen molar-refractivity contribution in [3.63, 3.8) is 0 Å². The highest BCUT2D eigenvalue weighted by molar-refractivity contribution is 6.32. The lowest BCUT2D eigenvalue weighted by atomic mass is 10.2. The highest BCUT2D eigenvalue weighted by Crippen LogP contribution is 2.30. The number of piperazine rings is 1. The van der Waals surface area contributed by atoms with Gasteiger partial charge < -0.3 is 15.4 Å². The van der Waals surface area contributed by atoms with Crippen molar-refractivity contribution in [3.05, 3.63) is 41.0 Å². The van der Waals surface area contributed by atoms with Crippen molar-refractivity contribution in [1.82, 2.24) is 19.7 Å². The van der Waals surface area contributed by atoms with E-state index in [0.717, 1.165) is 36.1 Å². The van der Waals surface area contributed by atoms with E-state index < -0.39 is 6.17 Å². The van der Waals surface area contributed by atoms with Crippen LogP contribution in [0.25, 0.3) is 11.0 Å². The molecule has 0 saturated carbocycles. The van der Waals surface area contributed by atoms with E-state index in [1.54, 1.807) is 11.8 Å². The first-order valence-electron chi connectivity index (χ1n) is 9.41. The van der Waals surface area contributed by atoms with Crippen molar-refractivity contribution in [2.24, 2.45) is 0 Å². The molecule has 29 heavy (non-hydrogen) atoms. The van der Waals surface area contributed by atoms with E-state index in [9.17, 15) is 4.79 Å². The van der Waals surface area contributed by atoms with Crippen LogP contribution in [0.2, 0.25) is 5.02 Å². The van der Waals surface area contributed by atoms with Crippen LogP contribution in [0.5, 0.6) is 5.75 Å². The lowest BCUT2D eigenvalue weighted by Crippen LogP contribution is -2.49. The number of ether oxygens (including phenoxy) is 1. The zero-order chi connectivity index (χ0) is 20.5. The molecule has 1 aliphatic heterocycles. The molecule has 1 unspecified atom stereocenters. The van der Waals surface area contributed by atoms with E-state index in [1.807, 2.05) is 37.3 Å². The number of pyridine rings is 1. The molecule has 0 amide bonds. The van der Waals surface area contributed by atoms with E-state index in [4.69, 9.17) is 22.1 Å². The molecule has 1 atom stereocenters. The van der Waals surface area contributed by atoms with Crippen LogP contribution in [0.1, 0.15) is 11.9 Å². The van der Waals surface area contributed by atoms with E-state index in [1.165, 1.54) is 0 Å². The molecule has 152 valence electrons. The van der Waals surface area contributed by atoms with Crippen LogP contribution in [0.15, 0.2) is 30.3 Å². The number of anilines is 2. The Morgan fingerprint density at radius 3 is 2.66 bits per heavy atom. The van der Waals surface area contributed by atoms with Gasteiger partial charge in [0.25, 0.3) is 0 Å². The SMILES string of the molecule is COc1cc(N2CCN(C(C=O)n3nc(N)c4ccc(C)nc43)CC2)ccc1Cl. The van der Waals surface area contributed by atoms with Crippen molar-refractivity contribution in [1.29, 1.82) is 0 Å². The number of methoxy groups -OCH3 is 1. The number of hydrogen-bond acceptors (Lipinski definition) is 7. The second kappa shape index (κ2) is 7.88. The van der Waals surface area contributed by atoms with Crippen LogP contribution in [-0.4, -0.2) is 59.2 Å². The summed E-state index contributed by atoms with van der Waals surface area (Å²) in [5.41, 5.74) is 8.57. The van der Waals surface area contributed by atoms with Gasteiger partial charge in [0, 0.05) is 43.6 Å². The number of hydrogen-bond donors (Lipinski definition) is 1. The molecule has 0 spiro atoms. The molecule has 1 aromatic carbocycles. The molecule has 1 fully saturated rings. The van der Waals surface area contributed by atoms with Crippen LogP contribution in [0, 0.1) is 6.92 Å². The van der Waals surface area contributed by atoms with Gasteiger partial charge in [-0.15, -0.1) is 0 Å². The van der Waals surface area contributed by atoms with E-state index in [-0.39, 0.29) is 0 Å². The monoisotopic (exact) mass is 414 g/mol. The number of nitrogens with zero attached hydrogens (tertiary/aromatic N) is 5. The maximum atomic E-state index is 12.0. The number of benzene rings is 1. The van der Waals surface area contributed by atoms with Crippen molar-refractivity contribution < 1.29 is 9.53 Å². The minimum Gasteiger partial charge on any atom is -0.495 e. The van der Waals surface area contributed by atoms with Crippen molar-refractivity contribution >= 4 is 40.4 Å². The van der Waals surface area contributed by atoms with Gasteiger partial charge in [0.2, 0.25) is 0 Å². The van der Waals surface area contributed by atoms with Crippen LogP contribution < -0.4 is 15.4 Å². The Bertz CT molecular complexity index is 1040. The summed E-state index contributed by atoms with van der Waals surface area (Å²) < 4.78 is 6.95. The van der Waals surface area contributed by atoms with Gasteiger partial charge in [-0.1, -0.05) is 11.6 Å². The molecule has 3 aromatic rings. The highest BCUT2D eigenvalue weighted by atomic mass is 35.5. The number of nitrogens with two attached hydrogens (primary N) is 1. The van der Waals surface area contributed by atoms with Crippen LogP contribution in [0.3, 0.4) is 0 Å². The number of rotatable bonds is 5. The van der Waals surface area contributed by atoms with Crippen LogP contribution >= 0.6 is 11.6 Å². The fourth-order valence-corrected chi connectivity index (χ4v) is 3.90. The zero-order valence-corrected chi connectivity index (χ0v) is 17.1. The Morgan fingerprint density at radius 2 is 1.97 bits per heavy atom. The molecule has 9 heteroatoms. The van der Waals surface area contributed by atoms with Crippen LogP contribution in [0.4, 0.5) is 11.5 Å². The second-order valence-corrected chi connectivity index (χ2v) is 7.45. The van der Waals surface area contributed by atoms with Gasteiger partial charge in [0.05, 0.1) is 17.5 Å². The first-order valence-corrected chi connectivity index (χ1v) is 9.79. The van der Waals surface area contributed by atoms with Gasteiger partial charge >= 0.3 is 0 Å². The topological polar surface area (TPSA) is 89.5 Å². The molecule has 2 aromatic heterocycles. The standard InChI is InChI=1S/C20H23ClN6O2/c1-13-3-5-15-19(22)24-27(20(15)23-13)18(12-28)26-9-7-25(8-10-26)14-4-6-16(21)17(11-14)29-2/h3-6,11-12,18H,7-10H2,1-2H3,(H2,22,24). The minimum absolute atomic E-state index is 0.381. The fourth-order valence-electron chi connectivity index (χ4n) is 3.71. The summed E-state index contributed by atoms with van der Waals surface area (Å²) in [7, 11) is 1.60. The zero-order valence-electron chi connectivity index (χ0n) is 16.4. The molecule has 8 nitrogen and oxygen atoms in total. The number of fused-ring (bicyclic) bond motifs is 1. The predicted molar refractivity (Wildman–Crippen MR) is 114 cm³/mol. The summed E-state index contributed by atoms with van der Waals surface area (Å²) in [4.78, 5) is 20.9. The van der Waals surface area contributed by atoms with Gasteiger partial charge in [-0.25, -0.2) is 9.67 Å². The molecular weight excluding hydrogens is 392 g/mol. The number of nitrogen functional groups attached to an aromatic ring is 1. The van der Waals surface area contributed by atoms with Crippen molar-refractivity contribution in [2.75, 3.05) is 43.9 Å². The van der Waals surface area contributed by atoms with Crippen LogP contribution in [-0.2, 0) is 4.79 Å². The number of carbonyl (C=O) groups is 1. The number of aryl methyl sites for hydroxylation is 1. The summed E-state index contributed by atoms with van der Waals surface area (Å²) in [6.45, 7) is 4.82. The molecule has 3 heterocycles. The van der Waals surface area contributed by atoms with Gasteiger partial charge in [-0.2, -0.15) is 5.10 Å². The third-order valence-electron chi connectivity index (χ3n) is 5.28. The molecular formula is C20H23ClN6O2. The average molecular weight is 415 g/mol. The second-order valence-electron chi connectivity index (χ2n) is 7.05. The summed E-state index contributed by atoms with van der Waals surface area (Å²) in [6.07, 6.45) is 0.350. The van der Waals surface area contributed by atoms with Gasteiger partial charge in [-0.3, -0.25) is 9.69 Å². The quantitative estimate of drug-likeness (QED) is 0.641.